The molecule has 0 aromatic rings. The van der Waals surface area contributed by atoms with E-state index in [1.54, 1.807) is 0 Å². The summed E-state index contributed by atoms with van der Waals surface area (Å²) in [7, 11) is 2.18. The largest absolute Gasteiger partial charge is 0.327 e. The average molecular weight is 223 g/mol. The fourth-order valence-corrected chi connectivity index (χ4v) is 2.65. The van der Waals surface area contributed by atoms with E-state index in [2.05, 4.69) is 24.2 Å². The van der Waals surface area contributed by atoms with E-state index in [-0.39, 0.29) is 5.54 Å². The molecule has 1 heterocycles. The van der Waals surface area contributed by atoms with Gasteiger partial charge in [-0.05, 0) is 39.7 Å². The van der Waals surface area contributed by atoms with Crippen LogP contribution in [0.15, 0.2) is 0 Å². The van der Waals surface area contributed by atoms with Crippen molar-refractivity contribution >= 4 is 5.91 Å². The first kappa shape index (κ1) is 10.5. The van der Waals surface area contributed by atoms with Gasteiger partial charge in [-0.3, -0.25) is 15.0 Å². The Morgan fingerprint density at radius 2 is 2.25 bits per heavy atom. The first-order chi connectivity index (χ1) is 7.62. The molecule has 4 nitrogen and oxygen atoms in total. The number of hydrogen-bond acceptors (Lipinski definition) is 3. The van der Waals surface area contributed by atoms with E-state index < -0.39 is 0 Å². The second-order valence-corrected chi connectivity index (χ2v) is 5.69. The van der Waals surface area contributed by atoms with Gasteiger partial charge in [-0.15, -0.1) is 0 Å². The van der Waals surface area contributed by atoms with Crippen molar-refractivity contribution in [1.29, 1.82) is 0 Å². The summed E-state index contributed by atoms with van der Waals surface area (Å²) in [5.41, 5.74) is -0.127. The molecule has 2 saturated carbocycles. The van der Waals surface area contributed by atoms with Crippen LogP contribution in [0.3, 0.4) is 0 Å². The molecule has 0 aromatic carbocycles. The maximum Gasteiger partial charge on any atom is 0.244 e. The number of carbonyl (C=O) groups excluding carboxylic acids is 1. The zero-order chi connectivity index (χ0) is 11.3. The van der Waals surface area contributed by atoms with Crippen molar-refractivity contribution in [3.05, 3.63) is 0 Å². The van der Waals surface area contributed by atoms with Crippen LogP contribution in [-0.2, 0) is 4.79 Å². The molecule has 1 aliphatic heterocycles. The molecule has 3 rings (SSSR count). The molecule has 90 valence electrons. The van der Waals surface area contributed by atoms with Crippen LogP contribution in [0.1, 0.15) is 32.6 Å². The van der Waals surface area contributed by atoms with Crippen LogP contribution in [-0.4, -0.2) is 53.6 Å². The van der Waals surface area contributed by atoms with E-state index >= 15 is 0 Å². The normalized spacial score (nSPS) is 29.2. The van der Waals surface area contributed by atoms with Gasteiger partial charge in [0.15, 0.2) is 0 Å². The lowest BCUT2D eigenvalue weighted by Gasteiger charge is -2.28. The Bertz CT molecular complexity index is 309. The smallest absolute Gasteiger partial charge is 0.244 e. The molecule has 2 aliphatic carbocycles. The van der Waals surface area contributed by atoms with Crippen molar-refractivity contribution < 1.29 is 4.79 Å². The number of nitrogens with one attached hydrogen (secondary N) is 1. The van der Waals surface area contributed by atoms with Gasteiger partial charge in [0.25, 0.3) is 0 Å². The topological polar surface area (TPSA) is 35.6 Å². The van der Waals surface area contributed by atoms with Gasteiger partial charge in [0.1, 0.15) is 0 Å². The minimum Gasteiger partial charge on any atom is -0.327 e. The van der Waals surface area contributed by atoms with Gasteiger partial charge in [-0.2, -0.15) is 0 Å². The molecule has 1 N–H and O–H groups in total. The molecular weight excluding hydrogens is 202 g/mol. The summed E-state index contributed by atoms with van der Waals surface area (Å²) >= 11 is 0. The molecule has 1 amide bonds. The van der Waals surface area contributed by atoms with Gasteiger partial charge in [0.05, 0.1) is 12.2 Å². The first-order valence-electron chi connectivity index (χ1n) is 6.39. The summed E-state index contributed by atoms with van der Waals surface area (Å²) in [6.45, 7) is 3.85. The highest BCUT2D eigenvalue weighted by Gasteiger charge is 2.55. The van der Waals surface area contributed by atoms with Crippen molar-refractivity contribution in [3.63, 3.8) is 0 Å². The Balaban J connectivity index is 1.56. The molecular formula is C12H21N3O. The Kier molecular flexibility index (Phi) is 2.27. The van der Waals surface area contributed by atoms with Crippen molar-refractivity contribution in [1.82, 2.24) is 15.1 Å². The third kappa shape index (κ3) is 1.64. The average Bonchev–Trinajstić information content (AvgIpc) is 3.14. The third-order valence-electron chi connectivity index (χ3n) is 4.36. The number of carbonyl (C=O) groups is 1. The summed E-state index contributed by atoms with van der Waals surface area (Å²) in [6, 6.07) is 1.25. The van der Waals surface area contributed by atoms with E-state index in [0.29, 0.717) is 11.9 Å². The lowest BCUT2D eigenvalue weighted by molar-refractivity contribution is -0.130. The van der Waals surface area contributed by atoms with Gasteiger partial charge in [-0.25, -0.2) is 0 Å². The SMILES string of the molecule is CC(CN1CNC2(CC2)C1=O)N(C)C1CC1. The van der Waals surface area contributed by atoms with Crippen molar-refractivity contribution in [3.8, 4) is 0 Å². The molecule has 3 aliphatic rings. The zero-order valence-electron chi connectivity index (χ0n) is 10.2. The Hall–Kier alpha value is -0.610. The predicted molar refractivity (Wildman–Crippen MR) is 61.9 cm³/mol. The second kappa shape index (κ2) is 3.44. The van der Waals surface area contributed by atoms with Crippen LogP contribution >= 0.6 is 0 Å². The van der Waals surface area contributed by atoms with E-state index in [4.69, 9.17) is 0 Å². The number of likely N-dealkylation sites (N-methyl/N-ethyl adjacent to an activating group) is 1. The summed E-state index contributed by atoms with van der Waals surface area (Å²) < 4.78 is 0. The standard InChI is InChI=1S/C12H21N3O/c1-9(14(2)10-3-4-10)7-15-8-13-12(5-6-12)11(15)16/h9-10,13H,3-8H2,1-2H3. The van der Waals surface area contributed by atoms with Crippen molar-refractivity contribution in [2.75, 3.05) is 20.3 Å². The molecule has 1 saturated heterocycles. The van der Waals surface area contributed by atoms with Crippen molar-refractivity contribution in [2.45, 2.75) is 50.2 Å². The molecule has 1 unspecified atom stereocenters. The summed E-state index contributed by atoms with van der Waals surface area (Å²) in [5.74, 6) is 0.337. The van der Waals surface area contributed by atoms with E-state index in [9.17, 15) is 4.79 Å². The number of hydrogen-bond donors (Lipinski definition) is 1. The van der Waals surface area contributed by atoms with E-state index in [0.717, 1.165) is 32.1 Å². The van der Waals surface area contributed by atoms with Gasteiger partial charge in [-0.1, -0.05) is 0 Å². The maximum absolute atomic E-state index is 12.1. The number of amides is 1. The van der Waals surface area contributed by atoms with Crippen LogP contribution < -0.4 is 5.32 Å². The highest BCUT2D eigenvalue weighted by Crippen LogP contribution is 2.40. The van der Waals surface area contributed by atoms with Gasteiger partial charge >= 0.3 is 0 Å². The highest BCUT2D eigenvalue weighted by atomic mass is 16.2. The van der Waals surface area contributed by atoms with Gasteiger partial charge < -0.3 is 4.90 Å². The molecule has 0 radical (unpaired) electrons. The second-order valence-electron chi connectivity index (χ2n) is 5.69. The Morgan fingerprint density at radius 3 is 2.75 bits per heavy atom. The van der Waals surface area contributed by atoms with Crippen LogP contribution in [0, 0.1) is 0 Å². The minimum atomic E-state index is -0.127. The lowest BCUT2D eigenvalue weighted by atomic mass is 10.2. The molecule has 16 heavy (non-hydrogen) atoms. The summed E-state index contributed by atoms with van der Waals surface area (Å²) in [5, 5.41) is 3.35. The zero-order valence-corrected chi connectivity index (χ0v) is 10.2. The van der Waals surface area contributed by atoms with Crippen molar-refractivity contribution in [2.24, 2.45) is 0 Å². The molecule has 1 atom stereocenters. The Labute approximate surface area is 97.0 Å². The van der Waals surface area contributed by atoms with Crippen LogP contribution in [0.25, 0.3) is 0 Å². The predicted octanol–water partition coefficient (Wildman–Crippen LogP) is 0.391. The molecule has 0 aromatic heterocycles. The maximum atomic E-state index is 12.1. The Morgan fingerprint density at radius 1 is 1.56 bits per heavy atom. The number of rotatable bonds is 4. The van der Waals surface area contributed by atoms with Crippen LogP contribution in [0.4, 0.5) is 0 Å². The lowest BCUT2D eigenvalue weighted by Crippen LogP contribution is -2.43. The molecule has 0 bridgehead atoms. The quantitative estimate of drug-likeness (QED) is 0.749. The fraction of sp³-hybridized carbons (Fsp3) is 0.917. The van der Waals surface area contributed by atoms with Gasteiger partial charge in [0.2, 0.25) is 5.91 Å². The first-order valence-corrected chi connectivity index (χ1v) is 6.39. The van der Waals surface area contributed by atoms with Gasteiger partial charge in [0, 0.05) is 18.6 Å². The summed E-state index contributed by atoms with van der Waals surface area (Å²) in [4.78, 5) is 16.5. The van der Waals surface area contributed by atoms with E-state index in [1.807, 2.05) is 4.90 Å². The van der Waals surface area contributed by atoms with Crippen LogP contribution in [0.5, 0.6) is 0 Å². The molecule has 1 spiro atoms. The minimum absolute atomic E-state index is 0.127. The third-order valence-corrected chi connectivity index (χ3v) is 4.36. The number of nitrogens with zero attached hydrogens (tertiary/aromatic N) is 2. The molecule has 3 fully saturated rings. The fourth-order valence-electron chi connectivity index (χ4n) is 2.65. The van der Waals surface area contributed by atoms with E-state index in [1.165, 1.54) is 12.8 Å². The van der Waals surface area contributed by atoms with Crippen LogP contribution in [0.2, 0.25) is 0 Å². The molecule has 4 heteroatoms. The summed E-state index contributed by atoms with van der Waals surface area (Å²) in [6.07, 6.45) is 4.73. The highest BCUT2D eigenvalue weighted by molar-refractivity contribution is 5.91. The monoisotopic (exact) mass is 223 g/mol.